The molecule has 0 N–H and O–H groups in total. The Balaban J connectivity index is 2.19. The highest BCUT2D eigenvalue weighted by Crippen LogP contribution is 2.22. The largest absolute Gasteiger partial charge is 0.462 e. The molecule has 0 unspecified atom stereocenters. The minimum atomic E-state index is -0.308. The monoisotopic (exact) mass is 259 g/mol. The van der Waals surface area contributed by atoms with Gasteiger partial charge in [0.1, 0.15) is 12.0 Å². The molecule has 1 heterocycles. The van der Waals surface area contributed by atoms with Gasteiger partial charge in [0, 0.05) is 11.5 Å². The van der Waals surface area contributed by atoms with Gasteiger partial charge in [-0.05, 0) is 19.1 Å². The van der Waals surface area contributed by atoms with Crippen LogP contribution in [0.1, 0.15) is 42.9 Å². The molecule has 0 aliphatic carbocycles. The van der Waals surface area contributed by atoms with Crippen LogP contribution in [0.3, 0.4) is 0 Å². The fourth-order valence-electron chi connectivity index (χ4n) is 1.68. The third-order valence-electron chi connectivity index (χ3n) is 2.71. The Morgan fingerprint density at radius 2 is 2.00 bits per heavy atom. The van der Waals surface area contributed by atoms with E-state index in [9.17, 15) is 4.79 Å². The van der Waals surface area contributed by atoms with Crippen LogP contribution < -0.4 is 0 Å². The molecule has 0 aliphatic rings. The molecule has 0 saturated carbocycles. The van der Waals surface area contributed by atoms with Gasteiger partial charge in [0.2, 0.25) is 0 Å². The zero-order valence-corrected chi connectivity index (χ0v) is 11.3. The quantitative estimate of drug-likeness (QED) is 0.786. The van der Waals surface area contributed by atoms with Crippen molar-refractivity contribution in [2.45, 2.75) is 26.7 Å². The molecule has 0 radical (unpaired) electrons. The topological polar surface area (TPSA) is 52.3 Å². The molecule has 0 aliphatic heterocycles. The molecule has 4 heteroatoms. The highest BCUT2D eigenvalue weighted by Gasteiger charge is 2.10. The predicted octanol–water partition coefficient (Wildman–Crippen LogP) is 3.64. The van der Waals surface area contributed by atoms with Gasteiger partial charge in [0.15, 0.2) is 5.89 Å². The number of hydrogen-bond donors (Lipinski definition) is 0. The van der Waals surface area contributed by atoms with Gasteiger partial charge in [-0.15, -0.1) is 0 Å². The Morgan fingerprint density at radius 3 is 2.53 bits per heavy atom. The van der Waals surface area contributed by atoms with Crippen molar-refractivity contribution in [2.24, 2.45) is 0 Å². The maximum atomic E-state index is 11.5. The zero-order chi connectivity index (χ0) is 13.8. The average Bonchev–Trinajstić information content (AvgIpc) is 2.89. The van der Waals surface area contributed by atoms with Crippen LogP contribution in [0.15, 0.2) is 34.9 Å². The normalized spacial score (nSPS) is 10.7. The molecule has 0 bridgehead atoms. The summed E-state index contributed by atoms with van der Waals surface area (Å²) in [4.78, 5) is 15.9. The number of rotatable bonds is 4. The summed E-state index contributed by atoms with van der Waals surface area (Å²) in [5.41, 5.74) is 2.24. The van der Waals surface area contributed by atoms with E-state index in [2.05, 4.69) is 4.98 Å². The van der Waals surface area contributed by atoms with Gasteiger partial charge in [-0.3, -0.25) is 0 Å². The second-order valence-corrected chi connectivity index (χ2v) is 4.52. The van der Waals surface area contributed by atoms with Crippen LogP contribution >= 0.6 is 0 Å². The van der Waals surface area contributed by atoms with E-state index in [1.165, 1.54) is 0 Å². The first-order chi connectivity index (χ1) is 9.11. The summed E-state index contributed by atoms with van der Waals surface area (Å²) in [5, 5.41) is 0. The number of aromatic nitrogens is 1. The smallest absolute Gasteiger partial charge is 0.338 e. The highest BCUT2D eigenvalue weighted by atomic mass is 16.5. The van der Waals surface area contributed by atoms with Crippen molar-refractivity contribution in [2.75, 3.05) is 6.61 Å². The van der Waals surface area contributed by atoms with Crippen molar-refractivity contribution < 1.29 is 13.9 Å². The lowest BCUT2D eigenvalue weighted by molar-refractivity contribution is 0.0526. The summed E-state index contributed by atoms with van der Waals surface area (Å²) in [6, 6.07) is 7.15. The molecule has 2 aromatic rings. The third-order valence-corrected chi connectivity index (χ3v) is 2.71. The molecule has 2 rings (SSSR count). The Morgan fingerprint density at radius 1 is 1.32 bits per heavy atom. The fourth-order valence-corrected chi connectivity index (χ4v) is 1.68. The highest BCUT2D eigenvalue weighted by molar-refractivity contribution is 5.89. The van der Waals surface area contributed by atoms with Gasteiger partial charge in [-0.25, -0.2) is 9.78 Å². The van der Waals surface area contributed by atoms with Crippen LogP contribution in [0.2, 0.25) is 0 Å². The van der Waals surface area contributed by atoms with E-state index in [4.69, 9.17) is 9.15 Å². The second-order valence-electron chi connectivity index (χ2n) is 4.52. The van der Waals surface area contributed by atoms with Crippen LogP contribution in [-0.4, -0.2) is 17.6 Å². The summed E-state index contributed by atoms with van der Waals surface area (Å²) in [7, 11) is 0. The number of carbonyl (C=O) groups excluding carboxylic acids is 1. The number of benzene rings is 1. The lowest BCUT2D eigenvalue weighted by Gasteiger charge is -2.02. The van der Waals surface area contributed by atoms with Gasteiger partial charge >= 0.3 is 5.97 Å². The Labute approximate surface area is 112 Å². The van der Waals surface area contributed by atoms with Crippen molar-refractivity contribution >= 4 is 5.97 Å². The molecule has 4 nitrogen and oxygen atoms in total. The first kappa shape index (κ1) is 13.3. The summed E-state index contributed by atoms with van der Waals surface area (Å²) in [6.45, 7) is 6.22. The van der Waals surface area contributed by atoms with E-state index in [-0.39, 0.29) is 11.9 Å². The molecule has 0 amide bonds. The van der Waals surface area contributed by atoms with E-state index in [0.29, 0.717) is 18.1 Å². The van der Waals surface area contributed by atoms with Crippen molar-refractivity contribution in [1.82, 2.24) is 4.98 Å². The molecule has 19 heavy (non-hydrogen) atoms. The minimum absolute atomic E-state index is 0.257. The van der Waals surface area contributed by atoms with Crippen molar-refractivity contribution in [3.63, 3.8) is 0 Å². The maximum absolute atomic E-state index is 11.5. The van der Waals surface area contributed by atoms with Gasteiger partial charge in [-0.2, -0.15) is 0 Å². The van der Waals surface area contributed by atoms with Crippen molar-refractivity contribution in [3.05, 3.63) is 42.0 Å². The Bertz CT molecular complexity index is 555. The van der Waals surface area contributed by atoms with Crippen molar-refractivity contribution in [1.29, 1.82) is 0 Å². The minimum Gasteiger partial charge on any atom is -0.462 e. The third kappa shape index (κ3) is 3.02. The van der Waals surface area contributed by atoms with Crippen LogP contribution in [-0.2, 0) is 4.74 Å². The molecule has 0 atom stereocenters. The average molecular weight is 259 g/mol. The molecule has 0 saturated heterocycles. The summed E-state index contributed by atoms with van der Waals surface area (Å²) in [5.74, 6) is 0.661. The number of nitrogens with zero attached hydrogens (tertiary/aromatic N) is 1. The van der Waals surface area contributed by atoms with E-state index < -0.39 is 0 Å². The molecule has 1 aromatic heterocycles. The van der Waals surface area contributed by atoms with Crippen LogP contribution in [0.25, 0.3) is 11.3 Å². The number of esters is 1. The fraction of sp³-hybridized carbons (Fsp3) is 0.333. The van der Waals surface area contributed by atoms with Gasteiger partial charge in [-0.1, -0.05) is 26.0 Å². The first-order valence-corrected chi connectivity index (χ1v) is 6.34. The van der Waals surface area contributed by atoms with E-state index in [1.54, 1.807) is 25.3 Å². The molecule has 1 aromatic carbocycles. The van der Waals surface area contributed by atoms with E-state index >= 15 is 0 Å². The maximum Gasteiger partial charge on any atom is 0.338 e. The lowest BCUT2D eigenvalue weighted by atomic mass is 10.1. The molecule has 0 spiro atoms. The SMILES string of the molecule is CCOC(=O)c1ccc(-c2coc(C(C)C)n2)cc1. The number of oxazole rings is 1. The summed E-state index contributed by atoms with van der Waals surface area (Å²) >= 11 is 0. The standard InChI is InChI=1S/C15H17NO3/c1-4-18-15(17)12-7-5-11(6-8-12)13-9-19-14(16-13)10(2)3/h5-10H,4H2,1-3H3. The van der Waals surface area contributed by atoms with Crippen LogP contribution in [0.4, 0.5) is 0 Å². The Hall–Kier alpha value is -2.10. The summed E-state index contributed by atoms with van der Waals surface area (Å²) < 4.78 is 10.3. The summed E-state index contributed by atoms with van der Waals surface area (Å²) in [6.07, 6.45) is 1.63. The van der Waals surface area contributed by atoms with E-state index in [0.717, 1.165) is 11.3 Å². The lowest BCUT2D eigenvalue weighted by Crippen LogP contribution is -2.03. The van der Waals surface area contributed by atoms with Crippen LogP contribution in [0, 0.1) is 0 Å². The molecular weight excluding hydrogens is 242 g/mol. The number of carbonyl (C=O) groups is 1. The molecule has 100 valence electrons. The zero-order valence-electron chi connectivity index (χ0n) is 11.3. The van der Waals surface area contributed by atoms with Crippen molar-refractivity contribution in [3.8, 4) is 11.3 Å². The number of ether oxygens (including phenoxy) is 1. The molecule has 0 fully saturated rings. The van der Waals surface area contributed by atoms with Gasteiger partial charge < -0.3 is 9.15 Å². The predicted molar refractivity (Wildman–Crippen MR) is 72.0 cm³/mol. The van der Waals surface area contributed by atoms with E-state index in [1.807, 2.05) is 26.0 Å². The van der Waals surface area contributed by atoms with Crippen LogP contribution in [0.5, 0.6) is 0 Å². The second kappa shape index (κ2) is 5.69. The van der Waals surface area contributed by atoms with Gasteiger partial charge in [0.05, 0.1) is 12.2 Å². The molecular formula is C15H17NO3. The number of hydrogen-bond acceptors (Lipinski definition) is 4. The Kier molecular flexibility index (Phi) is 4.00. The first-order valence-electron chi connectivity index (χ1n) is 6.34. The van der Waals surface area contributed by atoms with Gasteiger partial charge in [0.25, 0.3) is 0 Å².